The van der Waals surface area contributed by atoms with Crippen LogP contribution in [0.1, 0.15) is 31.2 Å². The van der Waals surface area contributed by atoms with Crippen LogP contribution in [-0.4, -0.2) is 38.8 Å². The molecule has 0 spiro atoms. The Morgan fingerprint density at radius 3 is 2.95 bits per heavy atom. The van der Waals surface area contributed by atoms with E-state index in [1.165, 1.54) is 5.69 Å². The fourth-order valence-electron chi connectivity index (χ4n) is 2.70. The van der Waals surface area contributed by atoms with Gasteiger partial charge in [0, 0.05) is 26.1 Å². The number of nitrogens with zero attached hydrogens (tertiary/aromatic N) is 3. The molecule has 1 fully saturated rings. The maximum atomic E-state index is 10.7. The number of aliphatic carboxylic acids is 1. The van der Waals surface area contributed by atoms with Gasteiger partial charge < -0.3 is 5.11 Å². The van der Waals surface area contributed by atoms with E-state index < -0.39 is 5.97 Å². The Hall–Kier alpha value is -0.880. The molecule has 1 aliphatic rings. The van der Waals surface area contributed by atoms with E-state index in [2.05, 4.69) is 32.9 Å². The number of aromatic nitrogens is 2. The fourth-order valence-corrected chi connectivity index (χ4v) is 3.11. The number of likely N-dealkylation sites (tertiary alicyclic amines) is 1. The summed E-state index contributed by atoms with van der Waals surface area (Å²) in [5, 5.41) is 13.3. The number of carboxylic acids is 1. The Bertz CT molecular complexity index is 473. The van der Waals surface area contributed by atoms with Crippen LogP contribution >= 0.6 is 15.9 Å². The summed E-state index contributed by atoms with van der Waals surface area (Å²) in [6.07, 6.45) is 1.26. The summed E-state index contributed by atoms with van der Waals surface area (Å²) in [4.78, 5) is 13.1. The van der Waals surface area contributed by atoms with Crippen LogP contribution in [0.4, 0.5) is 0 Å². The summed E-state index contributed by atoms with van der Waals surface area (Å²) < 4.78 is 3.10. The van der Waals surface area contributed by atoms with Crippen molar-refractivity contribution in [2.75, 3.05) is 13.1 Å². The molecule has 0 radical (unpaired) electrons. The first-order valence-corrected chi connectivity index (χ1v) is 7.46. The first-order valence-electron chi connectivity index (χ1n) is 6.67. The largest absolute Gasteiger partial charge is 0.481 e. The number of carboxylic acid groups (broad SMARTS) is 1. The SMILES string of the molecule is CCn1nc(C)c(Br)c1CN1CCC(CC(=O)O)C1. The van der Waals surface area contributed by atoms with Crippen molar-refractivity contribution in [3.05, 3.63) is 15.9 Å². The summed E-state index contributed by atoms with van der Waals surface area (Å²) in [6, 6.07) is 0. The molecule has 0 bridgehead atoms. The maximum Gasteiger partial charge on any atom is 0.303 e. The first-order chi connectivity index (χ1) is 9.01. The van der Waals surface area contributed by atoms with E-state index >= 15 is 0 Å². The van der Waals surface area contributed by atoms with E-state index in [-0.39, 0.29) is 12.3 Å². The molecule has 1 aromatic heterocycles. The lowest BCUT2D eigenvalue weighted by Crippen LogP contribution is -2.23. The third-order valence-corrected chi connectivity index (χ3v) is 4.69. The van der Waals surface area contributed by atoms with Gasteiger partial charge in [-0.05, 0) is 48.7 Å². The van der Waals surface area contributed by atoms with Crippen LogP contribution < -0.4 is 0 Å². The number of aryl methyl sites for hydroxylation is 2. The molecule has 5 nitrogen and oxygen atoms in total. The van der Waals surface area contributed by atoms with Crippen LogP contribution in [-0.2, 0) is 17.9 Å². The van der Waals surface area contributed by atoms with Crippen molar-refractivity contribution in [1.29, 1.82) is 0 Å². The van der Waals surface area contributed by atoms with Gasteiger partial charge >= 0.3 is 5.97 Å². The molecular formula is C13H20BrN3O2. The number of halogens is 1. The molecule has 0 saturated carbocycles. The Labute approximate surface area is 121 Å². The number of carbonyl (C=O) groups is 1. The molecule has 6 heteroatoms. The molecule has 0 amide bonds. The molecule has 106 valence electrons. The second-order valence-corrected chi connectivity index (χ2v) is 5.94. The van der Waals surface area contributed by atoms with Gasteiger partial charge in [-0.2, -0.15) is 5.10 Å². The highest BCUT2D eigenvalue weighted by Gasteiger charge is 2.26. The summed E-state index contributed by atoms with van der Waals surface area (Å²) in [5.74, 6) is -0.405. The van der Waals surface area contributed by atoms with Crippen LogP contribution in [0, 0.1) is 12.8 Å². The lowest BCUT2D eigenvalue weighted by molar-refractivity contribution is -0.138. The Kier molecular flexibility index (Phi) is 4.62. The third kappa shape index (κ3) is 3.36. The number of hydrogen-bond donors (Lipinski definition) is 1. The topological polar surface area (TPSA) is 58.4 Å². The quantitative estimate of drug-likeness (QED) is 0.900. The van der Waals surface area contributed by atoms with Gasteiger partial charge in [0.2, 0.25) is 0 Å². The van der Waals surface area contributed by atoms with Crippen LogP contribution in [0.2, 0.25) is 0 Å². The van der Waals surface area contributed by atoms with Gasteiger partial charge in [0.1, 0.15) is 0 Å². The Morgan fingerprint density at radius 1 is 1.58 bits per heavy atom. The van der Waals surface area contributed by atoms with E-state index in [9.17, 15) is 4.79 Å². The maximum absolute atomic E-state index is 10.7. The van der Waals surface area contributed by atoms with Crippen LogP contribution in [0.5, 0.6) is 0 Å². The minimum atomic E-state index is -0.692. The Balaban J connectivity index is 2.01. The number of rotatable bonds is 5. The monoisotopic (exact) mass is 329 g/mol. The minimum absolute atomic E-state index is 0.281. The van der Waals surface area contributed by atoms with E-state index in [1.54, 1.807) is 0 Å². The summed E-state index contributed by atoms with van der Waals surface area (Å²) in [5.41, 5.74) is 2.20. The van der Waals surface area contributed by atoms with Gasteiger partial charge in [0.25, 0.3) is 0 Å². The smallest absolute Gasteiger partial charge is 0.303 e. The highest BCUT2D eigenvalue weighted by molar-refractivity contribution is 9.10. The van der Waals surface area contributed by atoms with Crippen LogP contribution in [0.15, 0.2) is 4.47 Å². The zero-order chi connectivity index (χ0) is 14.0. The molecule has 2 rings (SSSR count). The van der Waals surface area contributed by atoms with E-state index in [0.717, 1.165) is 42.8 Å². The molecule has 1 atom stereocenters. The van der Waals surface area contributed by atoms with Crippen molar-refractivity contribution in [2.45, 2.75) is 39.8 Å². The van der Waals surface area contributed by atoms with Crippen molar-refractivity contribution in [3.8, 4) is 0 Å². The van der Waals surface area contributed by atoms with E-state index in [4.69, 9.17) is 5.11 Å². The van der Waals surface area contributed by atoms with Crippen molar-refractivity contribution in [2.24, 2.45) is 5.92 Å². The molecule has 0 aliphatic carbocycles. The molecule has 1 aliphatic heterocycles. The standard InChI is InChI=1S/C13H20BrN3O2/c1-3-17-11(13(14)9(2)15-17)8-16-5-4-10(7-16)6-12(18)19/h10H,3-8H2,1-2H3,(H,18,19). The molecule has 1 N–H and O–H groups in total. The van der Waals surface area contributed by atoms with Crippen molar-refractivity contribution >= 4 is 21.9 Å². The predicted molar refractivity (Wildman–Crippen MR) is 76.0 cm³/mol. The summed E-state index contributed by atoms with van der Waals surface area (Å²) >= 11 is 3.60. The molecule has 19 heavy (non-hydrogen) atoms. The van der Waals surface area contributed by atoms with Gasteiger partial charge in [-0.25, -0.2) is 0 Å². The van der Waals surface area contributed by atoms with E-state index in [1.807, 2.05) is 11.6 Å². The Morgan fingerprint density at radius 2 is 2.32 bits per heavy atom. The zero-order valence-corrected chi connectivity index (χ0v) is 13.0. The lowest BCUT2D eigenvalue weighted by atomic mass is 10.1. The minimum Gasteiger partial charge on any atom is -0.481 e. The van der Waals surface area contributed by atoms with Crippen molar-refractivity contribution < 1.29 is 9.90 Å². The molecule has 1 unspecified atom stereocenters. The first kappa shape index (κ1) is 14.5. The summed E-state index contributed by atoms with van der Waals surface area (Å²) in [6.45, 7) is 7.61. The summed E-state index contributed by atoms with van der Waals surface area (Å²) in [7, 11) is 0. The van der Waals surface area contributed by atoms with Gasteiger partial charge in [-0.3, -0.25) is 14.4 Å². The van der Waals surface area contributed by atoms with Crippen LogP contribution in [0.3, 0.4) is 0 Å². The van der Waals surface area contributed by atoms with Crippen molar-refractivity contribution in [3.63, 3.8) is 0 Å². The van der Waals surface area contributed by atoms with Gasteiger partial charge in [0.15, 0.2) is 0 Å². The molecule has 2 heterocycles. The highest BCUT2D eigenvalue weighted by Crippen LogP contribution is 2.26. The second kappa shape index (κ2) is 6.05. The highest BCUT2D eigenvalue weighted by atomic mass is 79.9. The zero-order valence-electron chi connectivity index (χ0n) is 11.4. The number of hydrogen-bond acceptors (Lipinski definition) is 3. The molecule has 0 aromatic carbocycles. The third-order valence-electron chi connectivity index (χ3n) is 3.66. The lowest BCUT2D eigenvalue weighted by Gasteiger charge is -2.16. The van der Waals surface area contributed by atoms with Crippen LogP contribution in [0.25, 0.3) is 0 Å². The molecule has 1 saturated heterocycles. The van der Waals surface area contributed by atoms with Gasteiger partial charge in [-0.15, -0.1) is 0 Å². The molecule has 1 aromatic rings. The fraction of sp³-hybridized carbons (Fsp3) is 0.692. The average molecular weight is 330 g/mol. The molecular weight excluding hydrogens is 310 g/mol. The predicted octanol–water partition coefficient (Wildman–Crippen LogP) is 2.27. The van der Waals surface area contributed by atoms with Crippen molar-refractivity contribution in [1.82, 2.24) is 14.7 Å². The second-order valence-electron chi connectivity index (χ2n) is 5.15. The van der Waals surface area contributed by atoms with E-state index in [0.29, 0.717) is 0 Å². The van der Waals surface area contributed by atoms with Gasteiger partial charge in [0.05, 0.1) is 15.9 Å². The average Bonchev–Trinajstić information content (AvgIpc) is 2.88. The normalized spacial score (nSPS) is 20.1. The van der Waals surface area contributed by atoms with Gasteiger partial charge in [-0.1, -0.05) is 0 Å².